The van der Waals surface area contributed by atoms with Crippen LogP contribution in [-0.4, -0.2) is 29.1 Å². The summed E-state index contributed by atoms with van der Waals surface area (Å²) in [6.07, 6.45) is 0.187. The SMILES string of the molecule is CCN(CCC(=O)O)Cc1ccc(Cl)s1. The summed E-state index contributed by atoms with van der Waals surface area (Å²) in [7, 11) is 0. The largest absolute Gasteiger partial charge is 0.481 e. The molecule has 0 fully saturated rings. The molecule has 5 heteroatoms. The molecule has 0 amide bonds. The van der Waals surface area contributed by atoms with Crippen molar-refractivity contribution in [2.75, 3.05) is 13.1 Å². The Labute approximate surface area is 98.3 Å². The van der Waals surface area contributed by atoms with Gasteiger partial charge in [-0.1, -0.05) is 18.5 Å². The van der Waals surface area contributed by atoms with Gasteiger partial charge in [-0.15, -0.1) is 11.3 Å². The smallest absolute Gasteiger partial charge is 0.304 e. The number of rotatable bonds is 6. The van der Waals surface area contributed by atoms with Gasteiger partial charge in [0, 0.05) is 18.0 Å². The molecule has 1 N–H and O–H groups in total. The number of carboxylic acid groups (broad SMARTS) is 1. The van der Waals surface area contributed by atoms with Gasteiger partial charge in [0.05, 0.1) is 10.8 Å². The number of carbonyl (C=O) groups is 1. The van der Waals surface area contributed by atoms with Gasteiger partial charge in [0.15, 0.2) is 0 Å². The van der Waals surface area contributed by atoms with E-state index >= 15 is 0 Å². The summed E-state index contributed by atoms with van der Waals surface area (Å²) in [6.45, 7) is 4.24. The molecule has 1 aromatic rings. The highest BCUT2D eigenvalue weighted by molar-refractivity contribution is 7.16. The molecule has 1 heterocycles. The van der Waals surface area contributed by atoms with Crippen LogP contribution in [0.5, 0.6) is 0 Å². The van der Waals surface area contributed by atoms with E-state index in [0.29, 0.717) is 6.54 Å². The van der Waals surface area contributed by atoms with Crippen LogP contribution >= 0.6 is 22.9 Å². The molecule has 84 valence electrons. The molecule has 3 nitrogen and oxygen atoms in total. The molecule has 1 aromatic heterocycles. The Morgan fingerprint density at radius 2 is 2.33 bits per heavy atom. The summed E-state index contributed by atoms with van der Waals surface area (Å²) >= 11 is 7.36. The highest BCUT2D eigenvalue weighted by Gasteiger charge is 2.07. The third-order valence-corrected chi connectivity index (χ3v) is 3.31. The van der Waals surface area contributed by atoms with E-state index in [0.717, 1.165) is 17.4 Å². The van der Waals surface area contributed by atoms with Gasteiger partial charge in [0.1, 0.15) is 0 Å². The Morgan fingerprint density at radius 3 is 2.80 bits per heavy atom. The normalized spacial score (nSPS) is 10.9. The molecular weight excluding hydrogens is 234 g/mol. The average Bonchev–Trinajstić information content (AvgIpc) is 2.58. The summed E-state index contributed by atoms with van der Waals surface area (Å²) in [5.74, 6) is -0.752. The number of carboxylic acids is 1. The predicted octanol–water partition coefficient (Wildman–Crippen LogP) is 2.70. The van der Waals surface area contributed by atoms with Crippen molar-refractivity contribution in [1.29, 1.82) is 0 Å². The molecule has 0 aliphatic rings. The molecule has 0 aromatic carbocycles. The third kappa shape index (κ3) is 4.64. The molecule has 0 radical (unpaired) electrons. The van der Waals surface area contributed by atoms with E-state index in [1.165, 1.54) is 4.88 Å². The van der Waals surface area contributed by atoms with Crippen molar-refractivity contribution in [2.24, 2.45) is 0 Å². The first-order valence-electron chi connectivity index (χ1n) is 4.80. The molecule has 0 atom stereocenters. The molecule has 0 aliphatic carbocycles. The van der Waals surface area contributed by atoms with Crippen molar-refractivity contribution >= 4 is 28.9 Å². The number of hydrogen-bond donors (Lipinski definition) is 1. The van der Waals surface area contributed by atoms with Crippen LogP contribution in [-0.2, 0) is 11.3 Å². The molecular formula is C10H14ClNO2S. The monoisotopic (exact) mass is 247 g/mol. The summed E-state index contributed by atoms with van der Waals surface area (Å²) in [4.78, 5) is 13.7. The van der Waals surface area contributed by atoms with Crippen LogP contribution in [0.4, 0.5) is 0 Å². The molecule has 15 heavy (non-hydrogen) atoms. The first kappa shape index (κ1) is 12.5. The quantitative estimate of drug-likeness (QED) is 0.840. The van der Waals surface area contributed by atoms with Gasteiger partial charge in [-0.25, -0.2) is 0 Å². The van der Waals surface area contributed by atoms with Gasteiger partial charge in [-0.3, -0.25) is 9.69 Å². The lowest BCUT2D eigenvalue weighted by atomic mass is 10.3. The molecule has 0 saturated carbocycles. The zero-order valence-electron chi connectivity index (χ0n) is 8.57. The van der Waals surface area contributed by atoms with Gasteiger partial charge in [0.25, 0.3) is 0 Å². The lowest BCUT2D eigenvalue weighted by Crippen LogP contribution is -2.25. The molecule has 0 aliphatic heterocycles. The second-order valence-corrected chi connectivity index (χ2v) is 5.02. The predicted molar refractivity (Wildman–Crippen MR) is 62.5 cm³/mol. The highest BCUT2D eigenvalue weighted by Crippen LogP contribution is 2.22. The Balaban J connectivity index is 2.42. The van der Waals surface area contributed by atoms with Crippen molar-refractivity contribution in [1.82, 2.24) is 4.90 Å². The minimum Gasteiger partial charge on any atom is -0.481 e. The molecule has 0 saturated heterocycles. The minimum absolute atomic E-state index is 0.187. The fraction of sp³-hybridized carbons (Fsp3) is 0.500. The number of halogens is 1. The number of nitrogens with zero attached hydrogens (tertiary/aromatic N) is 1. The number of thiophene rings is 1. The Morgan fingerprint density at radius 1 is 1.60 bits per heavy atom. The lowest BCUT2D eigenvalue weighted by Gasteiger charge is -2.18. The van der Waals surface area contributed by atoms with Crippen molar-refractivity contribution in [2.45, 2.75) is 19.9 Å². The van der Waals surface area contributed by atoms with Gasteiger partial charge < -0.3 is 5.11 Å². The van der Waals surface area contributed by atoms with Crippen molar-refractivity contribution < 1.29 is 9.90 Å². The van der Waals surface area contributed by atoms with E-state index in [1.807, 2.05) is 19.1 Å². The lowest BCUT2D eigenvalue weighted by molar-refractivity contribution is -0.137. The second kappa shape index (κ2) is 6.10. The van der Waals surface area contributed by atoms with Gasteiger partial charge in [0.2, 0.25) is 0 Å². The summed E-state index contributed by atoms with van der Waals surface area (Å²) in [6, 6.07) is 3.85. The fourth-order valence-electron chi connectivity index (χ4n) is 1.26. The molecule has 0 bridgehead atoms. The van der Waals surface area contributed by atoms with Crippen molar-refractivity contribution in [3.05, 3.63) is 21.3 Å². The van der Waals surface area contributed by atoms with Crippen LogP contribution < -0.4 is 0 Å². The minimum atomic E-state index is -0.752. The zero-order chi connectivity index (χ0) is 11.3. The standard InChI is InChI=1S/C10H14ClNO2S/c1-2-12(6-5-10(13)14)7-8-3-4-9(11)15-8/h3-4H,2,5-7H2,1H3,(H,13,14). The van der Waals surface area contributed by atoms with E-state index < -0.39 is 5.97 Å². The second-order valence-electron chi connectivity index (χ2n) is 3.22. The highest BCUT2D eigenvalue weighted by atomic mass is 35.5. The summed E-state index contributed by atoms with van der Waals surface area (Å²) in [5, 5.41) is 8.58. The van der Waals surface area contributed by atoms with E-state index in [2.05, 4.69) is 4.90 Å². The Bertz CT molecular complexity index is 327. The maximum atomic E-state index is 10.4. The van der Waals surface area contributed by atoms with Crippen molar-refractivity contribution in [3.63, 3.8) is 0 Å². The Hall–Kier alpha value is -0.580. The van der Waals surface area contributed by atoms with Crippen LogP contribution in [0.3, 0.4) is 0 Å². The molecule has 0 unspecified atom stereocenters. The van der Waals surface area contributed by atoms with Crippen LogP contribution in [0.25, 0.3) is 0 Å². The summed E-state index contributed by atoms with van der Waals surface area (Å²) in [5.41, 5.74) is 0. The number of hydrogen-bond acceptors (Lipinski definition) is 3. The van der Waals surface area contributed by atoms with Crippen molar-refractivity contribution in [3.8, 4) is 0 Å². The third-order valence-electron chi connectivity index (χ3n) is 2.10. The maximum absolute atomic E-state index is 10.4. The summed E-state index contributed by atoms with van der Waals surface area (Å²) < 4.78 is 0.777. The van der Waals surface area contributed by atoms with E-state index in [-0.39, 0.29) is 6.42 Å². The van der Waals surface area contributed by atoms with Gasteiger partial charge >= 0.3 is 5.97 Å². The molecule has 1 rings (SSSR count). The zero-order valence-corrected chi connectivity index (χ0v) is 10.1. The first-order valence-corrected chi connectivity index (χ1v) is 5.99. The van der Waals surface area contributed by atoms with Gasteiger partial charge in [-0.05, 0) is 18.7 Å². The van der Waals surface area contributed by atoms with Gasteiger partial charge in [-0.2, -0.15) is 0 Å². The van der Waals surface area contributed by atoms with E-state index in [9.17, 15) is 4.79 Å². The van der Waals surface area contributed by atoms with E-state index in [1.54, 1.807) is 11.3 Å². The van der Waals surface area contributed by atoms with Crippen LogP contribution in [0.1, 0.15) is 18.2 Å². The van der Waals surface area contributed by atoms with Crippen LogP contribution in [0, 0.1) is 0 Å². The van der Waals surface area contributed by atoms with Crippen LogP contribution in [0.2, 0.25) is 4.34 Å². The van der Waals surface area contributed by atoms with Crippen LogP contribution in [0.15, 0.2) is 12.1 Å². The average molecular weight is 248 g/mol. The topological polar surface area (TPSA) is 40.5 Å². The molecule has 0 spiro atoms. The Kier molecular flexibility index (Phi) is 5.08. The fourth-order valence-corrected chi connectivity index (χ4v) is 2.39. The first-order chi connectivity index (χ1) is 7.11. The number of aliphatic carboxylic acids is 1. The van der Waals surface area contributed by atoms with E-state index in [4.69, 9.17) is 16.7 Å². The maximum Gasteiger partial charge on any atom is 0.304 e.